The lowest BCUT2D eigenvalue weighted by atomic mass is 9.93. The van der Waals surface area contributed by atoms with Crippen LogP contribution in [-0.2, 0) is 11.2 Å². The fraction of sp³-hybridized carbons (Fsp3) is 0.462. The van der Waals surface area contributed by atoms with Gasteiger partial charge in [-0.25, -0.2) is 4.98 Å². The molecule has 0 saturated carbocycles. The summed E-state index contributed by atoms with van der Waals surface area (Å²) >= 11 is 0. The number of carbonyl (C=O) groups excluding carboxylic acids is 1. The van der Waals surface area contributed by atoms with Crippen molar-refractivity contribution in [2.75, 3.05) is 51.3 Å². The molecule has 8 heteroatoms. The third-order valence-electron chi connectivity index (χ3n) is 7.30. The van der Waals surface area contributed by atoms with E-state index >= 15 is 0 Å². The fourth-order valence-corrected chi connectivity index (χ4v) is 5.21. The summed E-state index contributed by atoms with van der Waals surface area (Å²) in [7, 11) is 2.14. The van der Waals surface area contributed by atoms with E-state index in [1.807, 2.05) is 0 Å². The number of piperidine rings is 1. The molecule has 34 heavy (non-hydrogen) atoms. The van der Waals surface area contributed by atoms with Gasteiger partial charge in [0.05, 0.1) is 30.5 Å². The summed E-state index contributed by atoms with van der Waals surface area (Å²) < 4.78 is 7.05. The second-order valence-corrected chi connectivity index (χ2v) is 9.63. The molecule has 8 nitrogen and oxygen atoms in total. The number of likely N-dealkylation sites (tertiary alicyclic amines) is 1. The Morgan fingerprint density at radius 3 is 2.76 bits per heavy atom. The largest absolute Gasteiger partial charge is 0.378 e. The zero-order valence-electron chi connectivity index (χ0n) is 19.6. The average Bonchev–Trinajstić information content (AvgIpc) is 3.52. The van der Waals surface area contributed by atoms with Crippen LogP contribution in [0.25, 0.3) is 28.4 Å². The predicted molar refractivity (Wildman–Crippen MR) is 132 cm³/mol. The van der Waals surface area contributed by atoms with Crippen molar-refractivity contribution in [1.82, 2.24) is 24.6 Å². The summed E-state index contributed by atoms with van der Waals surface area (Å²) in [5.74, 6) is 1.05. The van der Waals surface area contributed by atoms with Crippen LogP contribution < -0.4 is 4.90 Å². The Hall–Kier alpha value is -3.10. The highest BCUT2D eigenvalue weighted by Gasteiger charge is 2.25. The molecule has 0 amide bonds. The number of morpholine rings is 1. The van der Waals surface area contributed by atoms with E-state index in [1.54, 1.807) is 6.20 Å². The van der Waals surface area contributed by atoms with E-state index in [0.29, 0.717) is 37.1 Å². The molecule has 3 aromatic rings. The van der Waals surface area contributed by atoms with E-state index in [1.165, 1.54) is 15.8 Å². The van der Waals surface area contributed by atoms with Gasteiger partial charge in [-0.1, -0.05) is 24.3 Å². The molecule has 6 rings (SSSR count). The monoisotopic (exact) mass is 458 g/mol. The number of fused-ring (bicyclic) bond motifs is 2. The molecule has 3 aliphatic rings. The lowest BCUT2D eigenvalue weighted by molar-refractivity contribution is 0.0843. The van der Waals surface area contributed by atoms with Gasteiger partial charge < -0.3 is 14.5 Å². The minimum atomic E-state index is 0.0142. The molecule has 0 radical (unpaired) electrons. The Morgan fingerprint density at radius 1 is 1.12 bits per heavy atom. The zero-order chi connectivity index (χ0) is 23.1. The van der Waals surface area contributed by atoms with Gasteiger partial charge in [-0.05, 0) is 62.5 Å². The third-order valence-corrected chi connectivity index (χ3v) is 7.30. The van der Waals surface area contributed by atoms with Crippen molar-refractivity contribution in [3.8, 4) is 11.3 Å². The average molecular weight is 459 g/mol. The van der Waals surface area contributed by atoms with Gasteiger partial charge >= 0.3 is 0 Å². The Bertz CT molecular complexity index is 1250. The van der Waals surface area contributed by atoms with Crippen LogP contribution in [0.15, 0.2) is 30.5 Å². The molecule has 0 spiro atoms. The number of benzene rings is 1. The van der Waals surface area contributed by atoms with E-state index in [9.17, 15) is 4.79 Å². The normalized spacial score (nSPS) is 19.1. The van der Waals surface area contributed by atoms with Gasteiger partial charge in [-0.3, -0.25) is 4.79 Å². The molecule has 2 fully saturated rings. The SMILES string of the molecule is CN1CCC(CC(=O)n2ncc3c(-c4ccc5c(c4)CC=C5)nc(N4CCOCC4)nc32)CC1. The van der Waals surface area contributed by atoms with Gasteiger partial charge in [0.2, 0.25) is 11.9 Å². The second kappa shape index (κ2) is 8.92. The summed E-state index contributed by atoms with van der Waals surface area (Å²) in [6, 6.07) is 6.46. The van der Waals surface area contributed by atoms with Gasteiger partial charge in [-0.2, -0.15) is 14.8 Å². The molecule has 2 saturated heterocycles. The van der Waals surface area contributed by atoms with Crippen LogP contribution in [0.3, 0.4) is 0 Å². The summed E-state index contributed by atoms with van der Waals surface area (Å²) in [4.78, 5) is 27.7. The van der Waals surface area contributed by atoms with Crippen LogP contribution >= 0.6 is 0 Å². The van der Waals surface area contributed by atoms with Gasteiger partial charge in [0, 0.05) is 25.1 Å². The number of nitrogens with zero attached hydrogens (tertiary/aromatic N) is 6. The van der Waals surface area contributed by atoms with Gasteiger partial charge in [-0.15, -0.1) is 0 Å². The molecule has 4 heterocycles. The molecule has 0 atom stereocenters. The zero-order valence-corrected chi connectivity index (χ0v) is 19.6. The maximum atomic E-state index is 13.3. The van der Waals surface area contributed by atoms with Crippen molar-refractivity contribution in [2.24, 2.45) is 5.92 Å². The van der Waals surface area contributed by atoms with Gasteiger partial charge in [0.25, 0.3) is 0 Å². The predicted octanol–water partition coefficient (Wildman–Crippen LogP) is 3.27. The van der Waals surface area contributed by atoms with E-state index in [-0.39, 0.29) is 5.91 Å². The summed E-state index contributed by atoms with van der Waals surface area (Å²) in [6.07, 6.45) is 9.62. The number of anilines is 1. The van der Waals surface area contributed by atoms with Crippen molar-refractivity contribution in [3.63, 3.8) is 0 Å². The number of rotatable bonds is 4. The highest BCUT2D eigenvalue weighted by Crippen LogP contribution is 2.32. The smallest absolute Gasteiger partial charge is 0.249 e. The number of allylic oxidation sites excluding steroid dienone is 1. The summed E-state index contributed by atoms with van der Waals surface area (Å²) in [5, 5.41) is 5.34. The van der Waals surface area contributed by atoms with Crippen molar-refractivity contribution in [3.05, 3.63) is 41.6 Å². The molecule has 2 aromatic heterocycles. The fourth-order valence-electron chi connectivity index (χ4n) is 5.21. The third kappa shape index (κ3) is 4.01. The van der Waals surface area contributed by atoms with Crippen molar-refractivity contribution >= 4 is 29.0 Å². The first-order valence-electron chi connectivity index (χ1n) is 12.3. The topological polar surface area (TPSA) is 76.4 Å². The Balaban J connectivity index is 1.40. The van der Waals surface area contributed by atoms with E-state index in [2.05, 4.69) is 52.3 Å². The number of ether oxygens (including phenoxy) is 1. The van der Waals surface area contributed by atoms with Gasteiger partial charge in [0.1, 0.15) is 0 Å². The van der Waals surface area contributed by atoms with Crippen LogP contribution in [0.5, 0.6) is 0 Å². The van der Waals surface area contributed by atoms with Crippen LogP contribution in [0, 0.1) is 5.92 Å². The van der Waals surface area contributed by atoms with E-state index in [0.717, 1.165) is 62.1 Å². The first-order valence-corrected chi connectivity index (χ1v) is 12.3. The minimum Gasteiger partial charge on any atom is -0.378 e. The molecule has 0 N–H and O–H groups in total. The van der Waals surface area contributed by atoms with E-state index in [4.69, 9.17) is 14.7 Å². The molecule has 1 aromatic carbocycles. The van der Waals surface area contributed by atoms with Crippen LogP contribution in [0.2, 0.25) is 0 Å². The van der Waals surface area contributed by atoms with Crippen molar-refractivity contribution < 1.29 is 9.53 Å². The van der Waals surface area contributed by atoms with Crippen molar-refractivity contribution in [2.45, 2.75) is 25.7 Å². The standard InChI is InChI=1S/C26H30N6O2/c1-30-9-7-18(8-10-30)15-23(33)32-25-22(17-27-32)24(21-6-5-19-3-2-4-20(19)16-21)28-26(29-25)31-11-13-34-14-12-31/h2-3,5-6,16-18H,4,7-15H2,1H3. The molecule has 2 aliphatic heterocycles. The minimum absolute atomic E-state index is 0.0142. The lowest BCUT2D eigenvalue weighted by Gasteiger charge is -2.28. The Morgan fingerprint density at radius 2 is 1.94 bits per heavy atom. The number of hydrogen-bond donors (Lipinski definition) is 0. The number of carbonyl (C=O) groups is 1. The first kappa shape index (κ1) is 21.4. The summed E-state index contributed by atoms with van der Waals surface area (Å²) in [5.41, 5.74) is 5.02. The highest BCUT2D eigenvalue weighted by atomic mass is 16.5. The molecular weight excluding hydrogens is 428 g/mol. The maximum absolute atomic E-state index is 13.3. The highest BCUT2D eigenvalue weighted by molar-refractivity contribution is 5.96. The molecular formula is C26H30N6O2. The van der Waals surface area contributed by atoms with Crippen LogP contribution in [0.4, 0.5) is 5.95 Å². The first-order chi connectivity index (χ1) is 16.7. The number of hydrogen-bond acceptors (Lipinski definition) is 7. The quantitative estimate of drug-likeness (QED) is 0.594. The van der Waals surface area contributed by atoms with Crippen LogP contribution in [0.1, 0.15) is 35.2 Å². The van der Waals surface area contributed by atoms with Crippen LogP contribution in [-0.4, -0.2) is 77.0 Å². The Kier molecular flexibility index (Phi) is 5.63. The maximum Gasteiger partial charge on any atom is 0.249 e. The van der Waals surface area contributed by atoms with Crippen molar-refractivity contribution in [1.29, 1.82) is 0 Å². The lowest BCUT2D eigenvalue weighted by Crippen LogP contribution is -2.37. The second-order valence-electron chi connectivity index (χ2n) is 9.63. The molecule has 0 unspecified atom stereocenters. The molecule has 1 aliphatic carbocycles. The number of aromatic nitrogens is 4. The molecule has 176 valence electrons. The summed E-state index contributed by atoms with van der Waals surface area (Å²) in [6.45, 7) is 4.84. The van der Waals surface area contributed by atoms with Gasteiger partial charge in [0.15, 0.2) is 5.65 Å². The molecule has 0 bridgehead atoms. The Labute approximate surface area is 199 Å². The van der Waals surface area contributed by atoms with E-state index < -0.39 is 0 Å².